The minimum atomic E-state index is -4.32. The van der Waals surface area contributed by atoms with E-state index in [4.69, 9.17) is 23.2 Å². The van der Waals surface area contributed by atoms with Gasteiger partial charge in [0.1, 0.15) is 0 Å². The minimum absolute atomic E-state index is 0.0696. The standard InChI is InChI=1S/C33H32Cl2N6O6S/c34-27-9-6-10-28(35)32(27)37-33(43)39-21-19-38(20-22-39)26-15-13-25(14-16-26)36-31(42)17-18-40(23-24-7-2-1-3-8-24)48(46,47)30-12-5-4-11-29(30)41(44)45/h1-16H,17-23H2,(H,36,42)(H,37,43). The molecular formula is C33H32Cl2N6O6S. The quantitative estimate of drug-likeness (QED) is 0.134. The number of rotatable bonds is 11. The number of hydrogen-bond acceptors (Lipinski definition) is 7. The number of hydrogen-bond donors (Lipinski definition) is 2. The molecule has 0 atom stereocenters. The number of halogens is 2. The molecule has 0 aliphatic carbocycles. The Morgan fingerprint density at radius 3 is 2.08 bits per heavy atom. The van der Waals surface area contributed by atoms with Crippen molar-refractivity contribution in [3.05, 3.63) is 123 Å². The molecule has 0 radical (unpaired) electrons. The van der Waals surface area contributed by atoms with Gasteiger partial charge in [0.25, 0.3) is 5.69 Å². The smallest absolute Gasteiger partial charge is 0.322 e. The van der Waals surface area contributed by atoms with Gasteiger partial charge in [0.05, 0.1) is 20.7 Å². The van der Waals surface area contributed by atoms with Crippen LogP contribution in [0.25, 0.3) is 0 Å². The van der Waals surface area contributed by atoms with Crippen molar-refractivity contribution in [1.82, 2.24) is 9.21 Å². The zero-order chi connectivity index (χ0) is 34.3. The van der Waals surface area contributed by atoms with Gasteiger partial charge in [-0.15, -0.1) is 0 Å². The molecule has 4 aromatic rings. The summed E-state index contributed by atoms with van der Waals surface area (Å²) < 4.78 is 28.4. The highest BCUT2D eigenvalue weighted by Gasteiger charge is 2.32. The van der Waals surface area contributed by atoms with Gasteiger partial charge in [-0.2, -0.15) is 4.31 Å². The lowest BCUT2D eigenvalue weighted by Gasteiger charge is -2.36. The molecule has 15 heteroatoms. The lowest BCUT2D eigenvalue weighted by molar-refractivity contribution is -0.387. The fourth-order valence-corrected chi connectivity index (χ4v) is 7.29. The Labute approximate surface area is 288 Å². The molecule has 48 heavy (non-hydrogen) atoms. The van der Waals surface area contributed by atoms with Gasteiger partial charge in [-0.05, 0) is 48.0 Å². The molecule has 12 nitrogen and oxygen atoms in total. The van der Waals surface area contributed by atoms with E-state index in [-0.39, 0.29) is 25.5 Å². The summed E-state index contributed by atoms with van der Waals surface area (Å²) in [6.07, 6.45) is -0.183. The summed E-state index contributed by atoms with van der Waals surface area (Å²) in [5.41, 5.74) is 1.94. The first kappa shape index (κ1) is 34.6. The molecule has 4 aromatic carbocycles. The molecule has 0 aromatic heterocycles. The molecule has 5 rings (SSSR count). The number of nitro groups is 1. The first-order valence-corrected chi connectivity index (χ1v) is 17.1. The molecule has 250 valence electrons. The molecule has 1 heterocycles. The van der Waals surface area contributed by atoms with Crippen molar-refractivity contribution in [2.45, 2.75) is 17.9 Å². The maximum atomic E-state index is 13.6. The van der Waals surface area contributed by atoms with Crippen LogP contribution < -0.4 is 15.5 Å². The highest BCUT2D eigenvalue weighted by molar-refractivity contribution is 7.89. The number of urea groups is 1. The third-order valence-corrected chi connectivity index (χ3v) is 10.3. The van der Waals surface area contributed by atoms with Crippen LogP contribution in [-0.2, 0) is 21.4 Å². The van der Waals surface area contributed by atoms with E-state index in [0.717, 1.165) is 16.1 Å². The van der Waals surface area contributed by atoms with Crippen molar-refractivity contribution in [3.8, 4) is 0 Å². The predicted octanol–water partition coefficient (Wildman–Crippen LogP) is 6.48. The highest BCUT2D eigenvalue weighted by atomic mass is 35.5. The normalized spacial score (nSPS) is 13.3. The lowest BCUT2D eigenvalue weighted by Crippen LogP contribution is -2.50. The molecule has 2 N–H and O–H groups in total. The van der Waals surface area contributed by atoms with Gasteiger partial charge in [-0.1, -0.05) is 71.7 Å². The second-order valence-electron chi connectivity index (χ2n) is 10.9. The Bertz CT molecular complexity index is 1870. The molecule has 0 unspecified atom stereocenters. The highest BCUT2D eigenvalue weighted by Crippen LogP contribution is 2.31. The number of carbonyl (C=O) groups excluding carboxylic acids is 2. The van der Waals surface area contributed by atoms with E-state index in [2.05, 4.69) is 15.5 Å². The molecule has 1 fully saturated rings. The van der Waals surface area contributed by atoms with E-state index in [1.54, 1.807) is 65.6 Å². The Balaban J connectivity index is 1.17. The first-order chi connectivity index (χ1) is 23.0. The summed E-state index contributed by atoms with van der Waals surface area (Å²) in [5, 5.41) is 17.9. The average Bonchev–Trinajstić information content (AvgIpc) is 3.09. The van der Waals surface area contributed by atoms with Crippen LogP contribution >= 0.6 is 23.2 Å². The van der Waals surface area contributed by atoms with Crippen LogP contribution in [0.3, 0.4) is 0 Å². The summed E-state index contributed by atoms with van der Waals surface area (Å²) in [4.78, 5) is 40.0. The fraction of sp³-hybridized carbons (Fsp3) is 0.212. The molecule has 3 amide bonds. The number of amides is 3. The van der Waals surface area contributed by atoms with Crippen molar-refractivity contribution in [1.29, 1.82) is 0 Å². The van der Waals surface area contributed by atoms with Gasteiger partial charge in [-0.3, -0.25) is 14.9 Å². The van der Waals surface area contributed by atoms with Gasteiger partial charge < -0.3 is 20.4 Å². The van der Waals surface area contributed by atoms with Crippen LogP contribution in [0, 0.1) is 10.1 Å². The molecule has 0 saturated carbocycles. The Kier molecular flexibility index (Phi) is 11.2. The summed E-state index contributed by atoms with van der Waals surface area (Å²) in [7, 11) is -4.32. The Morgan fingerprint density at radius 2 is 1.44 bits per heavy atom. The van der Waals surface area contributed by atoms with Gasteiger partial charge in [0.2, 0.25) is 15.9 Å². The van der Waals surface area contributed by atoms with Crippen LogP contribution in [0.1, 0.15) is 12.0 Å². The Morgan fingerprint density at radius 1 is 0.812 bits per heavy atom. The number of carbonyl (C=O) groups is 2. The molecule has 0 bridgehead atoms. The van der Waals surface area contributed by atoms with Crippen LogP contribution in [-0.4, -0.2) is 67.2 Å². The third kappa shape index (κ3) is 8.42. The van der Waals surface area contributed by atoms with Crippen LogP contribution in [0.2, 0.25) is 10.0 Å². The first-order valence-electron chi connectivity index (χ1n) is 15.0. The Hall–Kier alpha value is -4.69. The van der Waals surface area contributed by atoms with Crippen molar-refractivity contribution in [2.75, 3.05) is 48.3 Å². The van der Waals surface area contributed by atoms with E-state index in [0.29, 0.717) is 53.2 Å². The topological polar surface area (TPSA) is 145 Å². The van der Waals surface area contributed by atoms with E-state index in [1.165, 1.54) is 18.2 Å². The summed E-state index contributed by atoms with van der Waals surface area (Å²) >= 11 is 12.4. The van der Waals surface area contributed by atoms with Crippen LogP contribution in [0.15, 0.2) is 102 Å². The summed E-state index contributed by atoms with van der Waals surface area (Å²) in [6, 6.07) is 25.9. The van der Waals surface area contributed by atoms with Crippen LogP contribution in [0.5, 0.6) is 0 Å². The van der Waals surface area contributed by atoms with Gasteiger partial charge in [0.15, 0.2) is 4.90 Å². The number of piperazine rings is 1. The van der Waals surface area contributed by atoms with Gasteiger partial charge >= 0.3 is 6.03 Å². The largest absolute Gasteiger partial charge is 0.368 e. The zero-order valence-electron chi connectivity index (χ0n) is 25.6. The van der Waals surface area contributed by atoms with E-state index in [1.807, 2.05) is 12.1 Å². The van der Waals surface area contributed by atoms with Crippen LogP contribution in [0.4, 0.5) is 27.5 Å². The predicted molar refractivity (Wildman–Crippen MR) is 186 cm³/mol. The second kappa shape index (κ2) is 15.5. The molecular weight excluding hydrogens is 679 g/mol. The lowest BCUT2D eigenvalue weighted by atomic mass is 10.2. The van der Waals surface area contributed by atoms with Crippen molar-refractivity contribution < 1.29 is 22.9 Å². The number of nitro benzene ring substituents is 1. The number of anilines is 3. The maximum Gasteiger partial charge on any atom is 0.322 e. The molecule has 1 aliphatic heterocycles. The summed E-state index contributed by atoms with van der Waals surface area (Å²) in [5.74, 6) is -0.420. The van der Waals surface area contributed by atoms with E-state index in [9.17, 15) is 28.1 Å². The van der Waals surface area contributed by atoms with E-state index >= 15 is 0 Å². The number of benzene rings is 4. The second-order valence-corrected chi connectivity index (χ2v) is 13.6. The summed E-state index contributed by atoms with van der Waals surface area (Å²) in [6.45, 7) is 1.84. The van der Waals surface area contributed by atoms with Gasteiger partial charge in [-0.25, -0.2) is 13.2 Å². The number of nitrogens with one attached hydrogen (secondary N) is 2. The maximum absolute atomic E-state index is 13.6. The molecule has 0 spiro atoms. The monoisotopic (exact) mass is 710 g/mol. The van der Waals surface area contributed by atoms with Gasteiger partial charge in [0, 0.05) is 63.1 Å². The number of sulfonamides is 1. The van der Waals surface area contributed by atoms with Crippen molar-refractivity contribution in [3.63, 3.8) is 0 Å². The number of nitrogens with zero attached hydrogens (tertiary/aromatic N) is 4. The van der Waals surface area contributed by atoms with Crippen molar-refractivity contribution >= 4 is 67.9 Å². The molecule has 1 aliphatic rings. The SMILES string of the molecule is O=C(CCN(Cc1ccccc1)S(=O)(=O)c1ccccc1[N+](=O)[O-])Nc1ccc(N2CCN(C(=O)Nc3c(Cl)cccc3Cl)CC2)cc1. The number of para-hydroxylation sites is 2. The van der Waals surface area contributed by atoms with E-state index < -0.39 is 31.4 Å². The third-order valence-electron chi connectivity index (χ3n) is 7.75. The minimum Gasteiger partial charge on any atom is -0.368 e. The molecule has 1 saturated heterocycles. The average molecular weight is 712 g/mol. The fourth-order valence-electron chi connectivity index (χ4n) is 5.21. The zero-order valence-corrected chi connectivity index (χ0v) is 27.9. The van der Waals surface area contributed by atoms with Crippen molar-refractivity contribution in [2.24, 2.45) is 0 Å².